The maximum absolute atomic E-state index is 9.75. The zero-order chi connectivity index (χ0) is 24.8. The molecule has 0 N–H and O–H groups in total. The Balaban J connectivity index is 0.000000527. The topological polar surface area (TPSA) is 16.1 Å². The Bertz CT molecular complexity index is 1390. The van der Waals surface area contributed by atoms with Crippen molar-refractivity contribution in [1.29, 1.82) is 0 Å². The number of para-hydroxylation sites is 2. The first-order valence-corrected chi connectivity index (χ1v) is 11.0. The number of nitrogens with zero attached hydrogens (tertiary/aromatic N) is 1. The molecule has 176 valence electrons. The van der Waals surface area contributed by atoms with Gasteiger partial charge >= 0.3 is 7.25 Å². The summed E-state index contributed by atoms with van der Waals surface area (Å²) in [5.74, 6) is 1.76. The van der Waals surface area contributed by atoms with Crippen molar-refractivity contribution in [3.63, 3.8) is 0 Å². The average Bonchev–Trinajstić information content (AvgIpc) is 2.85. The molecule has 1 heterocycles. The zero-order valence-corrected chi connectivity index (χ0v) is 18.9. The number of rotatable bonds is 3. The van der Waals surface area contributed by atoms with Crippen molar-refractivity contribution < 1.29 is 21.7 Å². The summed E-state index contributed by atoms with van der Waals surface area (Å²) in [7, 11) is -6.00. The largest absolute Gasteiger partial charge is 0.673 e. The van der Waals surface area contributed by atoms with Crippen LogP contribution in [0.5, 0.6) is 0 Å². The summed E-state index contributed by atoms with van der Waals surface area (Å²) in [5.41, 5.74) is 5.63. The fourth-order valence-corrected chi connectivity index (χ4v) is 3.83. The first kappa shape index (κ1) is 24.0. The smallest absolute Gasteiger partial charge is 0.456 e. The Labute approximate surface area is 200 Å². The standard InChI is InChI=1S/C28H22NO.BF4/c1-21-19-27(22-11-5-2-6-12-22)30-28-20-25(17-18-26(21)28)29(23-13-7-3-8-14-23)24-15-9-4-10-16-24;2-1(3,4)5/h2-20H,1H3;/q+1;-1. The van der Waals surface area contributed by atoms with Crippen molar-refractivity contribution in [1.82, 2.24) is 4.58 Å². The summed E-state index contributed by atoms with van der Waals surface area (Å²) in [6.45, 7) is 2.14. The van der Waals surface area contributed by atoms with Crippen LogP contribution in [0.1, 0.15) is 5.56 Å². The van der Waals surface area contributed by atoms with Crippen LogP contribution in [-0.4, -0.2) is 7.25 Å². The maximum Gasteiger partial charge on any atom is 0.673 e. The van der Waals surface area contributed by atoms with E-state index in [4.69, 9.17) is 4.42 Å². The number of aryl methyl sites for hydroxylation is 1. The molecule has 0 radical (unpaired) electrons. The fraction of sp³-hybridized carbons (Fsp3) is 0.0357. The Morgan fingerprint density at radius 1 is 0.600 bits per heavy atom. The minimum absolute atomic E-state index is 0.878. The number of hydrogen-bond acceptors (Lipinski definition) is 1. The highest BCUT2D eigenvalue weighted by molar-refractivity contribution is 6.50. The molecule has 0 unspecified atom stereocenters. The number of fused-ring (bicyclic) bond motifs is 1. The molecular weight excluding hydrogens is 453 g/mol. The molecule has 3 aromatic rings. The van der Waals surface area contributed by atoms with Crippen LogP contribution in [0.15, 0.2) is 120 Å². The number of benzene rings is 4. The van der Waals surface area contributed by atoms with Gasteiger partial charge in [0.15, 0.2) is 0 Å². The third-order valence-electron chi connectivity index (χ3n) is 5.30. The Morgan fingerprint density at radius 2 is 1.09 bits per heavy atom. The highest BCUT2D eigenvalue weighted by Gasteiger charge is 2.20. The van der Waals surface area contributed by atoms with E-state index in [1.807, 2.05) is 30.3 Å². The van der Waals surface area contributed by atoms with Gasteiger partial charge in [-0.15, -0.1) is 0 Å². The first-order valence-electron chi connectivity index (χ1n) is 11.0. The molecule has 0 fully saturated rings. The van der Waals surface area contributed by atoms with Gasteiger partial charge in [0.2, 0.25) is 16.7 Å². The molecule has 0 amide bonds. The van der Waals surface area contributed by atoms with Gasteiger partial charge < -0.3 is 21.7 Å². The maximum atomic E-state index is 9.75. The minimum atomic E-state index is -6.00. The molecule has 35 heavy (non-hydrogen) atoms. The Hall–Kier alpha value is -4.13. The lowest BCUT2D eigenvalue weighted by Gasteiger charge is -2.11. The summed E-state index contributed by atoms with van der Waals surface area (Å²) >= 11 is 0. The highest BCUT2D eigenvalue weighted by atomic mass is 19.5. The molecule has 0 saturated heterocycles. The molecule has 0 aromatic heterocycles. The van der Waals surface area contributed by atoms with E-state index in [2.05, 4.69) is 96.4 Å². The molecule has 2 aliphatic rings. The van der Waals surface area contributed by atoms with Crippen LogP contribution in [0.3, 0.4) is 0 Å². The second-order valence-corrected chi connectivity index (χ2v) is 7.84. The monoisotopic (exact) mass is 475 g/mol. The van der Waals surface area contributed by atoms with Crippen molar-refractivity contribution in [3.8, 4) is 22.6 Å². The SMILES string of the molecule is Cc1cc(-c2ccccc2)oc2cc(=[N+](c3ccccc3)c3ccccc3)ccc1-2.F[B-](F)(F)F. The van der Waals surface area contributed by atoms with Crippen molar-refractivity contribution in [2.45, 2.75) is 6.92 Å². The summed E-state index contributed by atoms with van der Waals surface area (Å²) in [5, 5.41) is 1.06. The zero-order valence-electron chi connectivity index (χ0n) is 18.9. The molecule has 0 saturated carbocycles. The van der Waals surface area contributed by atoms with E-state index in [0.29, 0.717) is 0 Å². The molecule has 0 bridgehead atoms. The average molecular weight is 475 g/mol. The molecule has 1 aliphatic heterocycles. The van der Waals surface area contributed by atoms with Crippen molar-refractivity contribution >= 4 is 18.6 Å². The van der Waals surface area contributed by atoms with Gasteiger partial charge in [-0.05, 0) is 24.6 Å². The predicted molar refractivity (Wildman–Crippen MR) is 133 cm³/mol. The van der Waals surface area contributed by atoms with E-state index in [1.165, 1.54) is 5.56 Å². The van der Waals surface area contributed by atoms with Crippen LogP contribution in [-0.2, 0) is 0 Å². The fourth-order valence-electron chi connectivity index (χ4n) is 3.83. The van der Waals surface area contributed by atoms with E-state index in [9.17, 15) is 17.3 Å². The third kappa shape index (κ3) is 6.26. The van der Waals surface area contributed by atoms with Gasteiger partial charge in [-0.3, -0.25) is 0 Å². The van der Waals surface area contributed by atoms with Gasteiger partial charge in [0.25, 0.3) is 0 Å². The predicted octanol–water partition coefficient (Wildman–Crippen LogP) is 8.10. The van der Waals surface area contributed by atoms with Gasteiger partial charge in [-0.2, -0.15) is 4.58 Å². The van der Waals surface area contributed by atoms with E-state index >= 15 is 0 Å². The molecule has 5 rings (SSSR count). The van der Waals surface area contributed by atoms with Gasteiger partial charge in [-0.25, -0.2) is 0 Å². The van der Waals surface area contributed by atoms with E-state index < -0.39 is 7.25 Å². The summed E-state index contributed by atoms with van der Waals surface area (Å²) in [6.07, 6.45) is 0. The summed E-state index contributed by atoms with van der Waals surface area (Å²) in [4.78, 5) is 0. The molecule has 2 nitrogen and oxygen atoms in total. The minimum Gasteiger partial charge on any atom is -0.456 e. The molecular formula is C28H22BF4NO. The van der Waals surface area contributed by atoms with Crippen LogP contribution in [0, 0.1) is 6.92 Å². The lowest BCUT2D eigenvalue weighted by Crippen LogP contribution is -2.21. The van der Waals surface area contributed by atoms with Crippen molar-refractivity contribution in [2.24, 2.45) is 0 Å². The van der Waals surface area contributed by atoms with Crippen LogP contribution in [0.2, 0.25) is 0 Å². The van der Waals surface area contributed by atoms with Crippen LogP contribution in [0.25, 0.3) is 22.6 Å². The highest BCUT2D eigenvalue weighted by Crippen LogP contribution is 2.31. The second-order valence-electron chi connectivity index (χ2n) is 7.84. The van der Waals surface area contributed by atoms with Crippen molar-refractivity contribution in [3.05, 3.63) is 126 Å². The summed E-state index contributed by atoms with van der Waals surface area (Å²) < 4.78 is 47.6. The van der Waals surface area contributed by atoms with E-state index in [-0.39, 0.29) is 0 Å². The lowest BCUT2D eigenvalue weighted by atomic mass is 10.0. The van der Waals surface area contributed by atoms with Gasteiger partial charge in [0.05, 0.1) is 6.07 Å². The van der Waals surface area contributed by atoms with Gasteiger partial charge in [0, 0.05) is 41.5 Å². The lowest BCUT2D eigenvalue weighted by molar-refractivity contribution is 0.368. The van der Waals surface area contributed by atoms with E-state index in [0.717, 1.165) is 39.4 Å². The Kier molecular flexibility index (Phi) is 7.15. The Morgan fingerprint density at radius 3 is 1.60 bits per heavy atom. The van der Waals surface area contributed by atoms with Gasteiger partial charge in [-0.1, -0.05) is 66.7 Å². The van der Waals surface area contributed by atoms with Crippen LogP contribution < -0.4 is 9.93 Å². The molecule has 0 spiro atoms. The van der Waals surface area contributed by atoms with E-state index in [1.54, 1.807) is 0 Å². The number of halogens is 4. The first-order chi connectivity index (χ1) is 16.8. The normalized spacial score (nSPS) is 11.0. The van der Waals surface area contributed by atoms with Crippen LogP contribution >= 0.6 is 0 Å². The van der Waals surface area contributed by atoms with Gasteiger partial charge in [0.1, 0.15) is 11.5 Å². The number of hydrogen-bond donors (Lipinski definition) is 0. The second kappa shape index (κ2) is 10.4. The molecule has 7 heteroatoms. The summed E-state index contributed by atoms with van der Waals surface area (Å²) in [6, 6.07) is 39.6. The third-order valence-corrected chi connectivity index (χ3v) is 5.30. The molecule has 0 atom stereocenters. The van der Waals surface area contributed by atoms with Crippen molar-refractivity contribution in [2.75, 3.05) is 0 Å². The quantitative estimate of drug-likeness (QED) is 0.146. The molecule has 1 aliphatic carbocycles. The molecule has 3 aromatic carbocycles. The van der Waals surface area contributed by atoms with Crippen LogP contribution in [0.4, 0.5) is 28.6 Å².